The van der Waals surface area contributed by atoms with Gasteiger partial charge in [0.05, 0.1) is 17.5 Å². The van der Waals surface area contributed by atoms with Crippen LogP contribution in [-0.4, -0.2) is 37.8 Å². The Morgan fingerprint density at radius 3 is 2.41 bits per heavy atom. The molecule has 3 rings (SSSR count). The summed E-state index contributed by atoms with van der Waals surface area (Å²) in [5, 5.41) is 2.99. The van der Waals surface area contributed by atoms with Gasteiger partial charge in [-0.05, 0) is 51.5 Å². The van der Waals surface area contributed by atoms with E-state index >= 15 is 0 Å². The van der Waals surface area contributed by atoms with Crippen LogP contribution in [0.2, 0.25) is 0 Å². The van der Waals surface area contributed by atoms with Gasteiger partial charge in [0.1, 0.15) is 11.4 Å². The van der Waals surface area contributed by atoms with E-state index in [1.807, 2.05) is 45.9 Å². The van der Waals surface area contributed by atoms with Gasteiger partial charge in [-0.2, -0.15) is 4.31 Å². The van der Waals surface area contributed by atoms with Crippen molar-refractivity contribution < 1.29 is 17.9 Å². The standard InChI is InChI=1S/C22H28N2O4S/c1-15-6-9-17(10-7-15)29(26,27)24(5)14-21(25)23-19-13-22(3,4)28-20-12-16(2)8-11-18(19)20/h6-12,19H,13-14H2,1-5H3,(H,23,25)/t19-/m0/s1. The SMILES string of the molecule is Cc1ccc(S(=O)(=O)N(C)CC(=O)N[C@H]2CC(C)(C)Oc3cc(C)ccc32)cc1. The van der Waals surface area contributed by atoms with Crippen molar-refractivity contribution >= 4 is 15.9 Å². The van der Waals surface area contributed by atoms with Crippen molar-refractivity contribution in [3.63, 3.8) is 0 Å². The van der Waals surface area contributed by atoms with Crippen molar-refractivity contribution in [2.24, 2.45) is 0 Å². The Hall–Kier alpha value is -2.38. The van der Waals surface area contributed by atoms with E-state index < -0.39 is 15.6 Å². The maximum Gasteiger partial charge on any atom is 0.243 e. The zero-order valence-corrected chi connectivity index (χ0v) is 18.3. The van der Waals surface area contributed by atoms with Gasteiger partial charge in [-0.25, -0.2) is 8.42 Å². The first-order chi connectivity index (χ1) is 13.5. The van der Waals surface area contributed by atoms with Gasteiger partial charge in [0.15, 0.2) is 0 Å². The Morgan fingerprint density at radius 2 is 1.76 bits per heavy atom. The number of carbonyl (C=O) groups excluding carboxylic acids is 1. The summed E-state index contributed by atoms with van der Waals surface area (Å²) in [6.07, 6.45) is 0.600. The summed E-state index contributed by atoms with van der Waals surface area (Å²) in [6, 6.07) is 12.2. The van der Waals surface area contributed by atoms with Gasteiger partial charge < -0.3 is 10.1 Å². The van der Waals surface area contributed by atoms with Crippen molar-refractivity contribution in [2.45, 2.75) is 50.7 Å². The van der Waals surface area contributed by atoms with Crippen LogP contribution in [-0.2, 0) is 14.8 Å². The molecule has 1 aliphatic rings. The molecule has 2 aromatic rings. The molecular formula is C22H28N2O4S. The van der Waals surface area contributed by atoms with Gasteiger partial charge in [-0.15, -0.1) is 0 Å². The third kappa shape index (κ3) is 4.79. The number of benzene rings is 2. The molecule has 0 bridgehead atoms. The van der Waals surface area contributed by atoms with E-state index in [4.69, 9.17) is 4.74 Å². The van der Waals surface area contributed by atoms with Crippen LogP contribution in [0.3, 0.4) is 0 Å². The number of sulfonamides is 1. The fraction of sp³-hybridized carbons (Fsp3) is 0.409. The minimum atomic E-state index is -3.73. The molecule has 0 spiro atoms. The number of hydrogen-bond acceptors (Lipinski definition) is 4. The first kappa shape index (κ1) is 21.3. The molecule has 1 atom stereocenters. The topological polar surface area (TPSA) is 75.7 Å². The molecule has 0 aliphatic carbocycles. The van der Waals surface area contributed by atoms with Crippen LogP contribution >= 0.6 is 0 Å². The predicted molar refractivity (Wildman–Crippen MR) is 112 cm³/mol. The van der Waals surface area contributed by atoms with Crippen LogP contribution in [0.5, 0.6) is 5.75 Å². The van der Waals surface area contributed by atoms with E-state index in [1.54, 1.807) is 24.3 Å². The number of carbonyl (C=O) groups is 1. The maximum atomic E-state index is 12.7. The van der Waals surface area contributed by atoms with Crippen LogP contribution < -0.4 is 10.1 Å². The summed E-state index contributed by atoms with van der Waals surface area (Å²) in [5.74, 6) is 0.407. The highest BCUT2D eigenvalue weighted by Crippen LogP contribution is 2.39. The van der Waals surface area contributed by atoms with E-state index in [1.165, 1.54) is 7.05 Å². The average molecular weight is 417 g/mol. The molecule has 0 fully saturated rings. The number of amides is 1. The lowest BCUT2D eigenvalue weighted by Gasteiger charge is -2.38. The first-order valence-electron chi connectivity index (χ1n) is 9.60. The smallest absolute Gasteiger partial charge is 0.243 e. The summed E-state index contributed by atoms with van der Waals surface area (Å²) in [6.45, 7) is 7.58. The molecule has 0 unspecified atom stereocenters. The molecule has 29 heavy (non-hydrogen) atoms. The lowest BCUT2D eigenvalue weighted by Crippen LogP contribution is -2.44. The molecule has 0 saturated heterocycles. The molecule has 0 saturated carbocycles. The van der Waals surface area contributed by atoms with Gasteiger partial charge >= 0.3 is 0 Å². The first-order valence-corrected chi connectivity index (χ1v) is 11.0. The molecule has 2 aromatic carbocycles. The number of hydrogen-bond donors (Lipinski definition) is 1. The highest BCUT2D eigenvalue weighted by molar-refractivity contribution is 7.89. The molecule has 156 valence electrons. The number of ether oxygens (including phenoxy) is 1. The number of nitrogens with one attached hydrogen (secondary N) is 1. The zero-order chi connectivity index (χ0) is 21.4. The molecule has 0 aromatic heterocycles. The molecule has 7 heteroatoms. The summed E-state index contributed by atoms with van der Waals surface area (Å²) >= 11 is 0. The van der Waals surface area contributed by atoms with Gasteiger partial charge in [-0.3, -0.25) is 4.79 Å². The monoisotopic (exact) mass is 416 g/mol. The van der Waals surface area contributed by atoms with Gasteiger partial charge in [0.25, 0.3) is 0 Å². The molecule has 1 N–H and O–H groups in total. The molecule has 1 heterocycles. The Morgan fingerprint density at radius 1 is 1.14 bits per heavy atom. The summed E-state index contributed by atoms with van der Waals surface area (Å²) in [4.78, 5) is 12.9. The fourth-order valence-electron chi connectivity index (χ4n) is 3.50. The summed E-state index contributed by atoms with van der Waals surface area (Å²) < 4.78 is 32.6. The largest absolute Gasteiger partial charge is 0.487 e. The molecular weight excluding hydrogens is 388 g/mol. The average Bonchev–Trinajstić information content (AvgIpc) is 2.60. The minimum absolute atomic E-state index is 0.173. The Labute approximate surface area is 172 Å². The van der Waals surface area contributed by atoms with Crippen molar-refractivity contribution in [3.8, 4) is 5.75 Å². The third-order valence-corrected chi connectivity index (χ3v) is 6.87. The van der Waals surface area contributed by atoms with E-state index in [0.717, 1.165) is 26.7 Å². The van der Waals surface area contributed by atoms with Crippen molar-refractivity contribution in [3.05, 3.63) is 59.2 Å². The molecule has 0 radical (unpaired) electrons. The molecule has 6 nitrogen and oxygen atoms in total. The molecule has 1 amide bonds. The number of rotatable bonds is 5. The van der Waals surface area contributed by atoms with Crippen LogP contribution in [0.25, 0.3) is 0 Å². The number of likely N-dealkylation sites (N-methyl/N-ethyl adjacent to an activating group) is 1. The fourth-order valence-corrected chi connectivity index (χ4v) is 4.63. The number of nitrogens with zero attached hydrogens (tertiary/aromatic N) is 1. The van der Waals surface area contributed by atoms with E-state index in [9.17, 15) is 13.2 Å². The second-order valence-corrected chi connectivity index (χ2v) is 10.3. The van der Waals surface area contributed by atoms with Gasteiger partial charge in [-0.1, -0.05) is 29.8 Å². The predicted octanol–water partition coefficient (Wildman–Crippen LogP) is 3.34. The Bertz CT molecular complexity index is 1010. The van der Waals surface area contributed by atoms with Crippen LogP contribution in [0.15, 0.2) is 47.4 Å². The second-order valence-electron chi connectivity index (χ2n) is 8.30. The summed E-state index contributed by atoms with van der Waals surface area (Å²) in [5.41, 5.74) is 2.53. The third-order valence-electron chi connectivity index (χ3n) is 5.06. The van der Waals surface area contributed by atoms with Crippen LogP contribution in [0.4, 0.5) is 0 Å². The normalized spacial score (nSPS) is 18.1. The zero-order valence-electron chi connectivity index (χ0n) is 17.5. The van der Waals surface area contributed by atoms with Crippen molar-refractivity contribution in [1.82, 2.24) is 9.62 Å². The van der Waals surface area contributed by atoms with Crippen LogP contribution in [0.1, 0.15) is 43.0 Å². The van der Waals surface area contributed by atoms with E-state index in [-0.39, 0.29) is 23.4 Å². The molecule has 1 aliphatic heterocycles. The van der Waals surface area contributed by atoms with Crippen LogP contribution in [0, 0.1) is 13.8 Å². The highest BCUT2D eigenvalue weighted by atomic mass is 32.2. The lowest BCUT2D eigenvalue weighted by atomic mass is 9.89. The minimum Gasteiger partial charge on any atom is -0.487 e. The summed E-state index contributed by atoms with van der Waals surface area (Å²) in [7, 11) is -2.32. The number of aryl methyl sites for hydroxylation is 2. The van der Waals surface area contributed by atoms with Crippen molar-refractivity contribution in [1.29, 1.82) is 0 Å². The van der Waals surface area contributed by atoms with E-state index in [0.29, 0.717) is 6.42 Å². The second kappa shape index (κ2) is 7.80. The lowest BCUT2D eigenvalue weighted by molar-refractivity contribution is -0.122. The van der Waals surface area contributed by atoms with E-state index in [2.05, 4.69) is 5.32 Å². The Kier molecular flexibility index (Phi) is 5.74. The highest BCUT2D eigenvalue weighted by Gasteiger charge is 2.35. The van der Waals surface area contributed by atoms with Gasteiger partial charge in [0, 0.05) is 19.0 Å². The number of fused-ring (bicyclic) bond motifs is 1. The van der Waals surface area contributed by atoms with Crippen molar-refractivity contribution in [2.75, 3.05) is 13.6 Å². The Balaban J connectivity index is 1.74. The quantitative estimate of drug-likeness (QED) is 0.811. The van der Waals surface area contributed by atoms with Gasteiger partial charge in [0.2, 0.25) is 15.9 Å². The maximum absolute atomic E-state index is 12.7.